The van der Waals surface area contributed by atoms with Crippen molar-refractivity contribution >= 4 is 0 Å². The monoisotopic (exact) mass is 271 g/mol. The van der Waals surface area contributed by atoms with E-state index < -0.39 is 0 Å². The predicted molar refractivity (Wildman–Crippen MR) is 83.9 cm³/mol. The van der Waals surface area contributed by atoms with Crippen LogP contribution < -0.4 is 5.32 Å². The minimum Gasteiger partial charge on any atom is -0.314 e. The van der Waals surface area contributed by atoms with Crippen molar-refractivity contribution in [1.29, 1.82) is 0 Å². The predicted octanol–water partition coefficient (Wildman–Crippen LogP) is 2.88. The molecular weight excluding hydrogens is 246 g/mol. The number of hydrogen-bond acceptors (Lipinski definition) is 2. The summed E-state index contributed by atoms with van der Waals surface area (Å²) in [6.07, 6.45) is 7.40. The summed E-state index contributed by atoms with van der Waals surface area (Å²) in [7, 11) is 1.97. The third kappa shape index (κ3) is 4.20. The van der Waals surface area contributed by atoms with Gasteiger partial charge in [-0.3, -0.25) is 4.68 Å². The minimum absolute atomic E-state index is 0.529. The summed E-state index contributed by atoms with van der Waals surface area (Å²) in [5.41, 5.74) is 4.15. The molecule has 3 heteroatoms. The summed E-state index contributed by atoms with van der Waals surface area (Å²) < 4.78 is 1.87. The van der Waals surface area contributed by atoms with Crippen LogP contribution in [0.1, 0.15) is 30.0 Å². The van der Waals surface area contributed by atoms with Crippen molar-refractivity contribution < 1.29 is 0 Å². The zero-order valence-electron chi connectivity index (χ0n) is 12.8. The van der Waals surface area contributed by atoms with E-state index in [-0.39, 0.29) is 0 Å². The van der Waals surface area contributed by atoms with E-state index in [0.717, 1.165) is 25.8 Å². The molecule has 0 bridgehead atoms. The van der Waals surface area contributed by atoms with Crippen LogP contribution in [0.2, 0.25) is 0 Å². The number of rotatable bonds is 7. The van der Waals surface area contributed by atoms with E-state index in [4.69, 9.17) is 0 Å². The van der Waals surface area contributed by atoms with Gasteiger partial charge in [0, 0.05) is 19.3 Å². The summed E-state index contributed by atoms with van der Waals surface area (Å²) >= 11 is 0. The highest BCUT2D eigenvalue weighted by molar-refractivity contribution is 5.26. The number of hydrogen-bond donors (Lipinski definition) is 1. The van der Waals surface area contributed by atoms with Gasteiger partial charge in [-0.15, -0.1) is 0 Å². The van der Waals surface area contributed by atoms with Gasteiger partial charge in [0.05, 0.1) is 6.20 Å². The van der Waals surface area contributed by atoms with E-state index in [1.54, 1.807) is 0 Å². The molecule has 1 heterocycles. The quantitative estimate of drug-likeness (QED) is 0.839. The molecule has 3 nitrogen and oxygen atoms in total. The largest absolute Gasteiger partial charge is 0.314 e. The summed E-state index contributed by atoms with van der Waals surface area (Å²) in [6, 6.07) is 9.20. The lowest BCUT2D eigenvalue weighted by molar-refractivity contribution is 0.490. The average Bonchev–Trinajstić information content (AvgIpc) is 2.85. The Labute approximate surface area is 122 Å². The van der Waals surface area contributed by atoms with Gasteiger partial charge < -0.3 is 5.32 Å². The van der Waals surface area contributed by atoms with Crippen molar-refractivity contribution in [1.82, 2.24) is 15.1 Å². The van der Waals surface area contributed by atoms with Crippen LogP contribution >= 0.6 is 0 Å². The van der Waals surface area contributed by atoms with Crippen molar-refractivity contribution in [3.05, 3.63) is 53.3 Å². The van der Waals surface area contributed by atoms with Crippen LogP contribution in [-0.2, 0) is 19.9 Å². The van der Waals surface area contributed by atoms with E-state index in [2.05, 4.69) is 54.7 Å². The first kappa shape index (κ1) is 14.8. The first-order valence-corrected chi connectivity index (χ1v) is 7.44. The van der Waals surface area contributed by atoms with Crippen LogP contribution in [0, 0.1) is 6.92 Å². The van der Waals surface area contributed by atoms with Gasteiger partial charge in [-0.25, -0.2) is 0 Å². The normalized spacial score (nSPS) is 12.6. The van der Waals surface area contributed by atoms with Gasteiger partial charge in [0.2, 0.25) is 0 Å². The zero-order valence-corrected chi connectivity index (χ0v) is 12.8. The van der Waals surface area contributed by atoms with Gasteiger partial charge in [0.1, 0.15) is 0 Å². The summed E-state index contributed by atoms with van der Waals surface area (Å²) in [6.45, 7) is 5.39. The Morgan fingerprint density at radius 2 is 2.10 bits per heavy atom. The fourth-order valence-electron chi connectivity index (χ4n) is 2.61. The summed E-state index contributed by atoms with van der Waals surface area (Å²) in [4.78, 5) is 0. The molecule has 0 aliphatic rings. The molecule has 2 rings (SSSR count). The van der Waals surface area contributed by atoms with Gasteiger partial charge >= 0.3 is 0 Å². The van der Waals surface area contributed by atoms with Gasteiger partial charge in [0.25, 0.3) is 0 Å². The number of nitrogens with zero attached hydrogens (tertiary/aromatic N) is 2. The van der Waals surface area contributed by atoms with Gasteiger partial charge in [-0.1, -0.05) is 31.2 Å². The van der Waals surface area contributed by atoms with Crippen LogP contribution in [0.25, 0.3) is 0 Å². The second kappa shape index (κ2) is 7.25. The lowest BCUT2D eigenvalue weighted by Gasteiger charge is -2.18. The van der Waals surface area contributed by atoms with Crippen molar-refractivity contribution in [2.24, 2.45) is 7.05 Å². The molecule has 0 amide bonds. The fraction of sp³-hybridized carbons (Fsp3) is 0.471. The van der Waals surface area contributed by atoms with Gasteiger partial charge in [0.15, 0.2) is 0 Å². The number of likely N-dealkylation sites (N-methyl/N-ethyl adjacent to an activating group) is 1. The Morgan fingerprint density at radius 3 is 2.75 bits per heavy atom. The molecule has 1 unspecified atom stereocenters. The maximum atomic E-state index is 4.23. The lowest BCUT2D eigenvalue weighted by atomic mass is 9.97. The Hall–Kier alpha value is -1.61. The molecule has 0 aliphatic heterocycles. The molecule has 20 heavy (non-hydrogen) atoms. The molecule has 1 aromatic carbocycles. The standard InChI is InChI=1S/C17H25N3/c1-4-18-17(10-9-15-12-19-20(3)13-15)11-16-8-6-5-7-14(16)2/h5-8,12-13,17-18H,4,9-11H2,1-3H3. The number of benzene rings is 1. The van der Waals surface area contributed by atoms with Crippen molar-refractivity contribution in [3.8, 4) is 0 Å². The highest BCUT2D eigenvalue weighted by atomic mass is 15.2. The first-order chi connectivity index (χ1) is 9.69. The van der Waals surface area contributed by atoms with Crippen molar-refractivity contribution in [2.75, 3.05) is 6.54 Å². The molecule has 2 aromatic rings. The molecule has 0 radical (unpaired) electrons. The highest BCUT2D eigenvalue weighted by Gasteiger charge is 2.10. The maximum absolute atomic E-state index is 4.23. The fourth-order valence-corrected chi connectivity index (χ4v) is 2.61. The van der Waals surface area contributed by atoms with Crippen molar-refractivity contribution in [2.45, 2.75) is 39.2 Å². The average molecular weight is 271 g/mol. The molecule has 0 saturated heterocycles. The minimum atomic E-state index is 0.529. The van der Waals surface area contributed by atoms with Crippen LogP contribution in [0.5, 0.6) is 0 Å². The number of nitrogens with one attached hydrogen (secondary N) is 1. The van der Waals surface area contributed by atoms with E-state index in [1.165, 1.54) is 16.7 Å². The lowest BCUT2D eigenvalue weighted by Crippen LogP contribution is -2.31. The van der Waals surface area contributed by atoms with Crippen molar-refractivity contribution in [3.63, 3.8) is 0 Å². The van der Waals surface area contributed by atoms with Gasteiger partial charge in [-0.2, -0.15) is 5.10 Å². The van der Waals surface area contributed by atoms with Gasteiger partial charge in [-0.05, 0) is 49.4 Å². The number of aromatic nitrogens is 2. The van der Waals surface area contributed by atoms with Crippen LogP contribution in [0.4, 0.5) is 0 Å². The topological polar surface area (TPSA) is 29.9 Å². The Kier molecular flexibility index (Phi) is 5.36. The molecule has 0 aliphatic carbocycles. The van der Waals surface area contributed by atoms with Crippen LogP contribution in [-0.4, -0.2) is 22.4 Å². The van der Waals surface area contributed by atoms with E-state index >= 15 is 0 Å². The van der Waals surface area contributed by atoms with Crippen LogP contribution in [0.15, 0.2) is 36.7 Å². The maximum Gasteiger partial charge on any atom is 0.0521 e. The molecule has 1 aromatic heterocycles. The SMILES string of the molecule is CCNC(CCc1cnn(C)c1)Cc1ccccc1C. The number of aryl methyl sites for hydroxylation is 3. The molecule has 108 valence electrons. The smallest absolute Gasteiger partial charge is 0.0521 e. The zero-order chi connectivity index (χ0) is 14.4. The molecule has 1 atom stereocenters. The third-order valence-corrected chi connectivity index (χ3v) is 3.76. The Balaban J connectivity index is 1.95. The summed E-state index contributed by atoms with van der Waals surface area (Å²) in [5.74, 6) is 0. The van der Waals surface area contributed by atoms with E-state index in [9.17, 15) is 0 Å². The Morgan fingerprint density at radius 1 is 1.30 bits per heavy atom. The van der Waals surface area contributed by atoms with E-state index in [1.807, 2.05) is 17.9 Å². The third-order valence-electron chi connectivity index (χ3n) is 3.76. The molecular formula is C17H25N3. The highest BCUT2D eigenvalue weighted by Crippen LogP contribution is 2.13. The second-order valence-electron chi connectivity index (χ2n) is 5.45. The Bertz CT molecular complexity index is 531. The second-order valence-corrected chi connectivity index (χ2v) is 5.45. The molecule has 0 spiro atoms. The summed E-state index contributed by atoms with van der Waals surface area (Å²) in [5, 5.41) is 7.84. The van der Waals surface area contributed by atoms with Crippen LogP contribution in [0.3, 0.4) is 0 Å². The first-order valence-electron chi connectivity index (χ1n) is 7.44. The molecule has 1 N–H and O–H groups in total. The van der Waals surface area contributed by atoms with E-state index in [0.29, 0.717) is 6.04 Å². The molecule has 0 fully saturated rings. The molecule has 0 saturated carbocycles.